The van der Waals surface area contributed by atoms with E-state index in [1.165, 1.54) is 16.0 Å². The van der Waals surface area contributed by atoms with Crippen LogP contribution in [-0.2, 0) is 17.1 Å². The fourth-order valence-corrected chi connectivity index (χ4v) is 3.63. The zero-order chi connectivity index (χ0) is 12.3. The van der Waals surface area contributed by atoms with E-state index >= 15 is 0 Å². The van der Waals surface area contributed by atoms with Crippen molar-refractivity contribution in [2.24, 2.45) is 7.05 Å². The summed E-state index contributed by atoms with van der Waals surface area (Å²) in [5, 5.41) is 8.14. The van der Waals surface area contributed by atoms with E-state index in [4.69, 9.17) is 0 Å². The second-order valence-electron chi connectivity index (χ2n) is 3.18. The number of halogens is 2. The van der Waals surface area contributed by atoms with Crippen molar-refractivity contribution in [1.29, 1.82) is 0 Å². The summed E-state index contributed by atoms with van der Waals surface area (Å²) in [5.41, 5.74) is 0. The molecule has 1 aromatic rings. The van der Waals surface area contributed by atoms with Crippen molar-refractivity contribution < 1.29 is 8.42 Å². The fourth-order valence-electron chi connectivity index (χ4n) is 1.15. The van der Waals surface area contributed by atoms with Gasteiger partial charge in [0.25, 0.3) is 10.0 Å². The lowest BCUT2D eigenvalue weighted by Gasteiger charge is -2.16. The van der Waals surface area contributed by atoms with E-state index in [2.05, 4.69) is 42.2 Å². The van der Waals surface area contributed by atoms with Gasteiger partial charge in [-0.2, -0.15) is 4.31 Å². The molecule has 1 rings (SSSR count). The topological polar surface area (TPSA) is 68.1 Å². The van der Waals surface area contributed by atoms with E-state index in [1.54, 1.807) is 7.05 Å². The van der Waals surface area contributed by atoms with Gasteiger partial charge < -0.3 is 0 Å². The number of aromatic nitrogens is 3. The van der Waals surface area contributed by atoms with E-state index in [0.29, 0.717) is 6.54 Å². The minimum Gasteiger partial charge on any atom is -0.235 e. The van der Waals surface area contributed by atoms with Gasteiger partial charge in [0.2, 0.25) is 5.03 Å². The predicted molar refractivity (Wildman–Crippen MR) is 66.9 cm³/mol. The molecule has 0 bridgehead atoms. The first-order chi connectivity index (χ1) is 7.41. The van der Waals surface area contributed by atoms with Gasteiger partial charge in [0, 0.05) is 26.0 Å². The number of aryl methyl sites for hydroxylation is 1. The van der Waals surface area contributed by atoms with Crippen molar-refractivity contribution >= 4 is 41.9 Å². The summed E-state index contributed by atoms with van der Waals surface area (Å²) in [7, 11) is -0.442. The first-order valence-corrected chi connectivity index (χ1v) is 7.84. The summed E-state index contributed by atoms with van der Waals surface area (Å²) in [6.45, 7) is 0.450. The third kappa shape index (κ3) is 2.82. The van der Waals surface area contributed by atoms with Gasteiger partial charge in [-0.15, -0.1) is 5.10 Å². The van der Waals surface area contributed by atoms with E-state index in [1.807, 2.05) is 0 Å². The monoisotopic (exact) mass is 374 g/mol. The van der Waals surface area contributed by atoms with E-state index < -0.39 is 10.0 Å². The highest BCUT2D eigenvalue weighted by molar-refractivity contribution is 9.10. The lowest BCUT2D eigenvalue weighted by molar-refractivity contribution is 0.460. The second-order valence-corrected chi connectivity index (χ2v) is 6.68. The molecule has 0 saturated heterocycles. The molecular weight excluding hydrogens is 364 g/mol. The predicted octanol–water partition coefficient (Wildman–Crippen LogP) is 0.983. The van der Waals surface area contributed by atoms with Crippen LogP contribution in [0.4, 0.5) is 0 Å². The Kier molecular flexibility index (Phi) is 4.89. The molecule has 0 aromatic carbocycles. The number of hydrogen-bond donors (Lipinski definition) is 0. The molecule has 0 aliphatic rings. The maximum absolute atomic E-state index is 12.1. The van der Waals surface area contributed by atoms with E-state index in [9.17, 15) is 8.42 Å². The molecule has 9 heteroatoms. The third-order valence-electron chi connectivity index (χ3n) is 2.00. The van der Waals surface area contributed by atoms with Crippen LogP contribution in [0.25, 0.3) is 0 Å². The van der Waals surface area contributed by atoms with Gasteiger partial charge in [0.15, 0.2) is 4.60 Å². The smallest absolute Gasteiger partial charge is 0.235 e. The highest BCUT2D eigenvalue weighted by Gasteiger charge is 2.27. The molecule has 0 N–H and O–H groups in total. The number of alkyl halides is 1. The second kappa shape index (κ2) is 5.56. The minimum atomic E-state index is -3.53. The fraction of sp³-hybridized carbons (Fsp3) is 0.714. The van der Waals surface area contributed by atoms with E-state index in [-0.39, 0.29) is 9.63 Å². The van der Waals surface area contributed by atoms with Gasteiger partial charge in [-0.1, -0.05) is 21.1 Å². The highest BCUT2D eigenvalue weighted by Crippen LogP contribution is 2.21. The quantitative estimate of drug-likeness (QED) is 0.719. The lowest BCUT2D eigenvalue weighted by atomic mass is 10.5. The van der Waals surface area contributed by atoms with Gasteiger partial charge in [0.05, 0.1) is 0 Å². The van der Waals surface area contributed by atoms with Gasteiger partial charge >= 0.3 is 0 Å². The van der Waals surface area contributed by atoms with Gasteiger partial charge in [-0.3, -0.25) is 0 Å². The summed E-state index contributed by atoms with van der Waals surface area (Å²) in [6.07, 6.45) is 0.749. The number of sulfonamides is 1. The molecule has 0 unspecified atom stereocenters. The van der Waals surface area contributed by atoms with Crippen molar-refractivity contribution in [2.75, 3.05) is 18.9 Å². The summed E-state index contributed by atoms with van der Waals surface area (Å²) in [5.74, 6) is 0. The Balaban J connectivity index is 3.02. The molecule has 16 heavy (non-hydrogen) atoms. The molecule has 0 aliphatic heterocycles. The molecule has 1 aromatic heterocycles. The van der Waals surface area contributed by atoms with Gasteiger partial charge in [-0.25, -0.2) is 13.1 Å². The SMILES string of the molecule is CN(CCCBr)S(=O)(=O)c1c(Br)nnn1C. The zero-order valence-corrected chi connectivity index (χ0v) is 12.9. The molecule has 0 radical (unpaired) electrons. The molecule has 0 fully saturated rings. The largest absolute Gasteiger partial charge is 0.262 e. The standard InChI is InChI=1S/C7H12Br2N4O2S/c1-12(5-3-4-8)16(14,15)7-6(9)10-11-13(7)2/h3-5H2,1-2H3. The average Bonchev–Trinajstić information content (AvgIpc) is 2.55. The van der Waals surface area contributed by atoms with Crippen LogP contribution >= 0.6 is 31.9 Å². The summed E-state index contributed by atoms with van der Waals surface area (Å²) < 4.78 is 27.0. The molecule has 0 saturated carbocycles. The van der Waals surface area contributed by atoms with Crippen LogP contribution in [0.15, 0.2) is 9.63 Å². The summed E-state index contributed by atoms with van der Waals surface area (Å²) >= 11 is 6.34. The van der Waals surface area contributed by atoms with Crippen molar-refractivity contribution in [1.82, 2.24) is 19.3 Å². The molecule has 1 heterocycles. The van der Waals surface area contributed by atoms with E-state index in [0.717, 1.165) is 11.8 Å². The van der Waals surface area contributed by atoms with Crippen molar-refractivity contribution in [3.05, 3.63) is 4.60 Å². The number of rotatable bonds is 5. The highest BCUT2D eigenvalue weighted by atomic mass is 79.9. The molecule has 0 spiro atoms. The molecular formula is C7H12Br2N4O2S. The first kappa shape index (κ1) is 14.1. The van der Waals surface area contributed by atoms with Gasteiger partial charge in [0.1, 0.15) is 0 Å². The van der Waals surface area contributed by atoms with Crippen molar-refractivity contribution in [3.8, 4) is 0 Å². The third-order valence-corrected chi connectivity index (χ3v) is 5.31. The first-order valence-electron chi connectivity index (χ1n) is 4.48. The van der Waals surface area contributed by atoms with Crippen LogP contribution in [0.1, 0.15) is 6.42 Å². The maximum atomic E-state index is 12.1. The van der Waals surface area contributed by atoms with Crippen molar-refractivity contribution in [3.63, 3.8) is 0 Å². The van der Waals surface area contributed by atoms with Crippen LogP contribution < -0.4 is 0 Å². The number of nitrogens with zero attached hydrogens (tertiary/aromatic N) is 4. The summed E-state index contributed by atoms with van der Waals surface area (Å²) in [6, 6.07) is 0. The van der Waals surface area contributed by atoms with Gasteiger partial charge in [-0.05, 0) is 22.4 Å². The van der Waals surface area contributed by atoms with Crippen LogP contribution in [0.2, 0.25) is 0 Å². The Hall–Kier alpha value is 0.0100. The average molecular weight is 376 g/mol. The Morgan fingerprint density at radius 1 is 1.50 bits per heavy atom. The molecule has 92 valence electrons. The van der Waals surface area contributed by atoms with Crippen LogP contribution in [0.3, 0.4) is 0 Å². The Morgan fingerprint density at radius 3 is 2.56 bits per heavy atom. The molecule has 0 atom stereocenters. The van der Waals surface area contributed by atoms with Crippen LogP contribution in [0.5, 0.6) is 0 Å². The Labute approximate surface area is 111 Å². The molecule has 6 nitrogen and oxygen atoms in total. The number of hydrogen-bond acceptors (Lipinski definition) is 4. The maximum Gasteiger partial charge on any atom is 0.262 e. The van der Waals surface area contributed by atoms with Crippen molar-refractivity contribution in [2.45, 2.75) is 11.4 Å². The molecule has 0 amide bonds. The normalized spacial score (nSPS) is 12.3. The Morgan fingerprint density at radius 2 is 2.12 bits per heavy atom. The zero-order valence-electron chi connectivity index (χ0n) is 8.89. The summed E-state index contributed by atoms with van der Waals surface area (Å²) in [4.78, 5) is 0. The lowest BCUT2D eigenvalue weighted by Crippen LogP contribution is -2.30. The van der Waals surface area contributed by atoms with Crippen LogP contribution in [-0.4, -0.2) is 46.6 Å². The Bertz CT molecular complexity index is 439. The van der Waals surface area contributed by atoms with Crippen LogP contribution in [0, 0.1) is 0 Å². The minimum absolute atomic E-state index is 0.0737. The molecule has 0 aliphatic carbocycles.